The minimum absolute atomic E-state index is 0.00583. The zero-order valence-corrected chi connectivity index (χ0v) is 64.7. The standard InChI is InChI=1S/C88H98N6O14/c1-47(2)37-63(79(97)89-35-33-69(95)91-43-57-45-103-57)93-81(99)59-39-65(105-53-25-17-49(18-26-53)85(5,6)7)73-75-67(107-55-29-21-51(22-30-55)87(11,12)13)41-61-72-62(84(102)94(83(61)101)64(38-48(3)4)80(98)90-36-34-70(96)92-44-58-46-104-58)42-68(108-56-31-23-52(24-32-56)88(14,15)16)76(78(72)75)74-66(40-60(82(93)100)71(59)77(73)74)106-54-27-19-50(20-28-54)86(8,9)10/h17-32,39-42,47-48,57-58,63-64H,33-38,43-46H2,1-16H3,(H,89,97)(H,90,98)(H,91,95)(H,92,96). The van der Waals surface area contributed by atoms with E-state index in [2.05, 4.69) is 104 Å². The van der Waals surface area contributed by atoms with Gasteiger partial charge in [0.05, 0.1) is 47.7 Å². The number of carbonyl (C=O) groups is 8. The van der Waals surface area contributed by atoms with Gasteiger partial charge in [0.2, 0.25) is 23.6 Å². The number of hydrogen-bond donors (Lipinski definition) is 4. The first-order valence-corrected chi connectivity index (χ1v) is 37.6. The van der Waals surface area contributed by atoms with Crippen molar-refractivity contribution in [2.75, 3.05) is 39.4 Å². The van der Waals surface area contributed by atoms with Crippen molar-refractivity contribution < 1.29 is 66.8 Å². The molecule has 4 aliphatic heterocycles. The Balaban J connectivity index is 1.14. The molecular formula is C88H98N6O14. The van der Waals surface area contributed by atoms with Crippen molar-refractivity contribution in [3.63, 3.8) is 0 Å². The zero-order valence-electron chi connectivity index (χ0n) is 64.7. The molecule has 0 bridgehead atoms. The predicted molar refractivity (Wildman–Crippen MR) is 417 cm³/mol. The average molecular weight is 1460 g/mol. The molecule has 2 fully saturated rings. The molecule has 0 spiro atoms. The lowest BCUT2D eigenvalue weighted by Crippen LogP contribution is -2.54. The Morgan fingerprint density at radius 2 is 0.620 bits per heavy atom. The molecule has 0 aromatic heterocycles. The molecule has 108 heavy (non-hydrogen) atoms. The molecule has 4 aliphatic rings. The van der Waals surface area contributed by atoms with Gasteiger partial charge in [-0.05, 0) is 141 Å². The second-order valence-corrected chi connectivity index (χ2v) is 34.0. The van der Waals surface area contributed by atoms with Gasteiger partial charge < -0.3 is 49.7 Å². The number of fused-ring (bicyclic) bond motifs is 2. The first kappa shape index (κ1) is 75.8. The maximum Gasteiger partial charge on any atom is 0.262 e. The van der Waals surface area contributed by atoms with Crippen molar-refractivity contribution in [1.82, 2.24) is 31.1 Å². The third-order valence-electron chi connectivity index (χ3n) is 20.5. The van der Waals surface area contributed by atoms with Crippen LogP contribution in [-0.4, -0.2) is 121 Å². The highest BCUT2D eigenvalue weighted by Crippen LogP contribution is 2.58. The minimum Gasteiger partial charge on any atom is -0.457 e. The first-order valence-electron chi connectivity index (χ1n) is 37.6. The van der Waals surface area contributed by atoms with Crippen LogP contribution in [0.15, 0.2) is 121 Å². The highest BCUT2D eigenvalue weighted by molar-refractivity contribution is 6.45. The van der Waals surface area contributed by atoms with Gasteiger partial charge in [0.15, 0.2) is 0 Å². The largest absolute Gasteiger partial charge is 0.457 e. The van der Waals surface area contributed by atoms with Crippen molar-refractivity contribution in [3.8, 4) is 46.0 Å². The van der Waals surface area contributed by atoms with Gasteiger partial charge in [-0.1, -0.05) is 159 Å². The summed E-state index contributed by atoms with van der Waals surface area (Å²) in [6.45, 7) is 34.4. The minimum atomic E-state index is -1.39. The lowest BCUT2D eigenvalue weighted by Gasteiger charge is -2.36. The first-order chi connectivity index (χ1) is 51.0. The SMILES string of the molecule is CC(C)CC(C(=O)NCCC(=O)NCC1CO1)N1C(=O)c2cc(Oc3ccc(C(C)(C)C)cc3)c3c4c(Oc5ccc(C(C)(C)C)cc5)cc5c6c(cc(Oc7ccc(C(C)(C)C)cc7)c(c7c(Oc8ccc(C(C)(C)C)cc8)cc(c2c37)C1=O)c64)C(=O)N(C(CC(C)C)C(=O)NCCC(=O)NCC1CO1)C5=O. The molecule has 20 nitrogen and oxygen atoms in total. The van der Waals surface area contributed by atoms with E-state index >= 15 is 28.8 Å². The molecular weight excluding hydrogens is 1360 g/mol. The fourth-order valence-electron chi connectivity index (χ4n) is 14.4. The molecule has 0 aliphatic carbocycles. The summed E-state index contributed by atoms with van der Waals surface area (Å²) < 4.78 is 39.9. The van der Waals surface area contributed by atoms with Crippen molar-refractivity contribution >= 4 is 90.3 Å². The Labute approximate surface area is 630 Å². The number of rotatable bonds is 26. The van der Waals surface area contributed by atoms with Crippen LogP contribution in [0.5, 0.6) is 46.0 Å². The topological polar surface area (TPSA) is 253 Å². The van der Waals surface area contributed by atoms with E-state index in [0.29, 0.717) is 49.3 Å². The fraction of sp³-hybridized carbons (Fsp3) is 0.409. The molecule has 4 atom stereocenters. The Morgan fingerprint density at radius 1 is 0.380 bits per heavy atom. The predicted octanol–water partition coefficient (Wildman–Crippen LogP) is 16.2. The smallest absolute Gasteiger partial charge is 0.262 e. The summed E-state index contributed by atoms with van der Waals surface area (Å²) in [7, 11) is 0. The summed E-state index contributed by atoms with van der Waals surface area (Å²) in [5.41, 5.74) is 2.89. The van der Waals surface area contributed by atoms with E-state index in [4.69, 9.17) is 28.4 Å². The van der Waals surface area contributed by atoms with Crippen molar-refractivity contribution in [2.45, 2.75) is 182 Å². The summed E-state index contributed by atoms with van der Waals surface area (Å²) in [6, 6.07) is 34.0. The molecule has 4 heterocycles. The van der Waals surface area contributed by atoms with Crippen LogP contribution >= 0.6 is 0 Å². The van der Waals surface area contributed by atoms with E-state index in [1.807, 2.05) is 125 Å². The van der Waals surface area contributed by atoms with Crippen molar-refractivity contribution in [3.05, 3.63) is 166 Å². The van der Waals surface area contributed by atoms with Gasteiger partial charge >= 0.3 is 0 Å². The van der Waals surface area contributed by atoms with E-state index in [1.54, 1.807) is 24.3 Å². The Kier molecular flexibility index (Phi) is 20.5. The van der Waals surface area contributed by atoms with Crippen LogP contribution in [0.2, 0.25) is 0 Å². The highest BCUT2D eigenvalue weighted by Gasteiger charge is 2.47. The molecule has 8 amide bonds. The molecule has 4 N–H and O–H groups in total. The van der Waals surface area contributed by atoms with Gasteiger partial charge in [0.1, 0.15) is 58.1 Å². The van der Waals surface area contributed by atoms with Gasteiger partial charge in [-0.3, -0.25) is 48.2 Å². The number of carbonyl (C=O) groups excluding carboxylic acids is 8. The number of benzene rings is 9. The van der Waals surface area contributed by atoms with E-state index in [1.165, 1.54) is 0 Å². The maximum atomic E-state index is 16.4. The van der Waals surface area contributed by atoms with Crippen LogP contribution in [-0.2, 0) is 50.3 Å². The number of ether oxygens (including phenoxy) is 6. The number of imide groups is 2. The monoisotopic (exact) mass is 1460 g/mol. The molecule has 4 unspecified atom stereocenters. The van der Waals surface area contributed by atoms with Crippen LogP contribution in [0.3, 0.4) is 0 Å². The molecule has 20 heteroatoms. The summed E-state index contributed by atoms with van der Waals surface area (Å²) in [5.74, 6) is -3.92. The van der Waals surface area contributed by atoms with E-state index in [9.17, 15) is 9.59 Å². The van der Waals surface area contributed by atoms with Gasteiger partial charge in [0, 0.05) is 82.1 Å². The molecule has 9 aromatic rings. The zero-order chi connectivity index (χ0) is 77.4. The van der Waals surface area contributed by atoms with Crippen LogP contribution < -0.4 is 40.2 Å². The molecule has 564 valence electrons. The van der Waals surface area contributed by atoms with Crippen LogP contribution in [0.4, 0.5) is 0 Å². The van der Waals surface area contributed by atoms with Crippen LogP contribution in [0.25, 0.3) is 43.1 Å². The van der Waals surface area contributed by atoms with Crippen molar-refractivity contribution in [2.24, 2.45) is 11.8 Å². The summed E-state index contributed by atoms with van der Waals surface area (Å²) in [6.07, 6.45) is -0.190. The molecule has 13 rings (SSSR count). The second kappa shape index (κ2) is 29.3. The molecule has 9 aromatic carbocycles. The average Bonchev–Trinajstić information content (AvgIpc) is 0.950. The number of amides is 8. The molecule has 2 saturated heterocycles. The van der Waals surface area contributed by atoms with Crippen LogP contribution in [0, 0.1) is 11.8 Å². The number of nitrogens with one attached hydrogen (secondary N) is 4. The number of epoxide rings is 2. The number of hydrogen-bond acceptors (Lipinski definition) is 14. The van der Waals surface area contributed by atoms with Gasteiger partial charge in [-0.25, -0.2) is 0 Å². The summed E-state index contributed by atoms with van der Waals surface area (Å²) in [4.78, 5) is 124. The van der Waals surface area contributed by atoms with Crippen molar-refractivity contribution in [1.29, 1.82) is 0 Å². The Hall–Kier alpha value is -10.4. The lowest BCUT2D eigenvalue weighted by molar-refractivity contribution is -0.127. The Bertz CT molecular complexity index is 4480. The normalized spacial score (nSPS) is 16.4. The highest BCUT2D eigenvalue weighted by atomic mass is 16.6. The molecule has 0 saturated carbocycles. The van der Waals surface area contributed by atoms with E-state index in [0.717, 1.165) is 32.1 Å². The second-order valence-electron chi connectivity index (χ2n) is 34.0. The number of nitrogens with zero attached hydrogens (tertiary/aromatic N) is 2. The van der Waals surface area contributed by atoms with E-state index < -0.39 is 47.5 Å². The van der Waals surface area contributed by atoms with Crippen LogP contribution in [0.1, 0.15) is 200 Å². The van der Waals surface area contributed by atoms with Gasteiger partial charge in [-0.15, -0.1) is 0 Å². The molecule has 0 radical (unpaired) electrons. The Morgan fingerprint density at radius 3 is 0.833 bits per heavy atom. The maximum absolute atomic E-state index is 16.4. The summed E-state index contributed by atoms with van der Waals surface area (Å²) in [5, 5.41) is 13.4. The summed E-state index contributed by atoms with van der Waals surface area (Å²) >= 11 is 0. The third-order valence-corrected chi connectivity index (χ3v) is 20.5. The lowest BCUT2D eigenvalue weighted by atomic mass is 9.80. The van der Waals surface area contributed by atoms with Gasteiger partial charge in [-0.2, -0.15) is 0 Å². The third kappa shape index (κ3) is 15.7. The van der Waals surface area contributed by atoms with E-state index in [-0.39, 0.29) is 185 Å². The quantitative estimate of drug-likeness (QED) is 0.0170. The van der Waals surface area contributed by atoms with Gasteiger partial charge in [0.25, 0.3) is 23.6 Å². The fourth-order valence-corrected chi connectivity index (χ4v) is 14.4.